The molecule has 2 atom stereocenters. The third kappa shape index (κ3) is 3.59. The molecule has 1 fully saturated rings. The Morgan fingerprint density at radius 3 is 2.12 bits per heavy atom. The van der Waals surface area contributed by atoms with E-state index in [0.717, 1.165) is 10.5 Å². The predicted molar refractivity (Wildman–Crippen MR) is 98.6 cm³/mol. The van der Waals surface area contributed by atoms with Crippen molar-refractivity contribution in [2.45, 2.75) is 71.6 Å². The minimum absolute atomic E-state index is 0.0104. The molecule has 3 amide bonds. The highest BCUT2D eigenvalue weighted by molar-refractivity contribution is 6.09. The second-order valence-corrected chi connectivity index (χ2v) is 8.22. The molecule has 142 valence electrons. The van der Waals surface area contributed by atoms with E-state index in [4.69, 9.17) is 4.74 Å². The van der Waals surface area contributed by atoms with Gasteiger partial charge in [0.25, 0.3) is 5.91 Å². The highest BCUT2D eigenvalue weighted by atomic mass is 16.5. The van der Waals surface area contributed by atoms with Gasteiger partial charge in [-0.05, 0) is 44.2 Å². The van der Waals surface area contributed by atoms with Crippen LogP contribution in [-0.2, 0) is 25.3 Å². The van der Waals surface area contributed by atoms with Crippen LogP contribution in [0.2, 0.25) is 0 Å². The first-order valence-electron chi connectivity index (χ1n) is 8.85. The van der Waals surface area contributed by atoms with Crippen LogP contribution in [0.4, 0.5) is 4.79 Å². The van der Waals surface area contributed by atoms with Gasteiger partial charge in [0.15, 0.2) is 0 Å². The molecule has 1 aromatic carbocycles. The third-order valence-electron chi connectivity index (χ3n) is 4.63. The normalized spacial score (nSPS) is 21.8. The number of hydrogen-bond donors (Lipinski definition) is 1. The van der Waals surface area contributed by atoms with Gasteiger partial charge in [-0.25, -0.2) is 14.5 Å². The molecule has 1 aromatic rings. The Balaban J connectivity index is 2.30. The molecular weight excluding hydrogens is 332 g/mol. The Hall–Kier alpha value is -2.37. The molecule has 0 radical (unpaired) electrons. The van der Waals surface area contributed by atoms with E-state index in [9.17, 15) is 14.4 Å². The number of amides is 3. The molecule has 26 heavy (non-hydrogen) atoms. The molecule has 0 aromatic heterocycles. The lowest BCUT2D eigenvalue weighted by atomic mass is 9.84. The first kappa shape index (κ1) is 19.9. The topological polar surface area (TPSA) is 75.7 Å². The largest absolute Gasteiger partial charge is 0.461 e. The van der Waals surface area contributed by atoms with Crippen molar-refractivity contribution in [2.75, 3.05) is 0 Å². The summed E-state index contributed by atoms with van der Waals surface area (Å²) in [5, 5.41) is 2.72. The number of ether oxygens (including phenoxy) is 1. The van der Waals surface area contributed by atoms with Crippen molar-refractivity contribution in [1.29, 1.82) is 0 Å². The summed E-state index contributed by atoms with van der Waals surface area (Å²) in [5.74, 6) is -1.06. The molecule has 0 aliphatic carbocycles. The lowest BCUT2D eigenvalue weighted by Gasteiger charge is -2.26. The number of rotatable bonds is 4. The first-order chi connectivity index (χ1) is 11.9. The number of carbonyl (C=O) groups excluding carboxylic acids is 3. The van der Waals surface area contributed by atoms with Crippen LogP contribution in [0.15, 0.2) is 24.3 Å². The monoisotopic (exact) mass is 360 g/mol. The molecule has 6 heteroatoms. The molecule has 1 saturated heterocycles. The van der Waals surface area contributed by atoms with Crippen LogP contribution in [0, 0.1) is 0 Å². The SMILES string of the molecule is CC(C)OC(=O)C(C)N1C(=O)NC(C)(c2ccc(C(C)(C)C)cc2)C1=O. The number of benzene rings is 1. The molecule has 1 aliphatic rings. The Morgan fingerprint density at radius 1 is 1.12 bits per heavy atom. The van der Waals surface area contributed by atoms with Gasteiger partial charge < -0.3 is 10.1 Å². The molecule has 0 saturated carbocycles. The summed E-state index contributed by atoms with van der Waals surface area (Å²) >= 11 is 0. The van der Waals surface area contributed by atoms with Crippen molar-refractivity contribution < 1.29 is 19.1 Å². The van der Waals surface area contributed by atoms with Gasteiger partial charge in [-0.1, -0.05) is 45.0 Å². The Bertz CT molecular complexity index is 718. The van der Waals surface area contributed by atoms with Crippen molar-refractivity contribution in [3.8, 4) is 0 Å². The molecule has 1 heterocycles. The third-order valence-corrected chi connectivity index (χ3v) is 4.63. The number of carbonyl (C=O) groups is 3. The summed E-state index contributed by atoms with van der Waals surface area (Å²) in [6.45, 7) is 12.9. The van der Waals surface area contributed by atoms with E-state index in [2.05, 4.69) is 26.1 Å². The Labute approximate surface area is 154 Å². The zero-order valence-electron chi connectivity index (χ0n) is 16.5. The van der Waals surface area contributed by atoms with E-state index in [1.165, 1.54) is 6.92 Å². The van der Waals surface area contributed by atoms with Gasteiger partial charge in [-0.3, -0.25) is 4.79 Å². The average molecular weight is 360 g/mol. The predicted octanol–water partition coefficient (Wildman–Crippen LogP) is 3.09. The van der Waals surface area contributed by atoms with E-state index in [0.29, 0.717) is 5.56 Å². The van der Waals surface area contributed by atoms with Gasteiger partial charge in [-0.15, -0.1) is 0 Å². The number of esters is 1. The Morgan fingerprint density at radius 2 is 1.65 bits per heavy atom. The van der Waals surface area contributed by atoms with Gasteiger partial charge in [0.2, 0.25) is 0 Å². The molecule has 2 unspecified atom stereocenters. The first-order valence-corrected chi connectivity index (χ1v) is 8.85. The number of urea groups is 1. The van der Waals surface area contributed by atoms with E-state index < -0.39 is 29.5 Å². The number of nitrogens with one attached hydrogen (secondary N) is 1. The molecular formula is C20H28N2O4. The van der Waals surface area contributed by atoms with Crippen LogP contribution in [0.5, 0.6) is 0 Å². The zero-order chi connectivity index (χ0) is 19.9. The van der Waals surface area contributed by atoms with Gasteiger partial charge in [0.05, 0.1) is 6.10 Å². The summed E-state index contributed by atoms with van der Waals surface area (Å²) in [6, 6.07) is 6.03. The number of nitrogens with zero attached hydrogens (tertiary/aromatic N) is 1. The molecule has 0 spiro atoms. The summed E-state index contributed by atoms with van der Waals surface area (Å²) in [6.07, 6.45) is -0.318. The highest BCUT2D eigenvalue weighted by Crippen LogP contribution is 2.32. The quantitative estimate of drug-likeness (QED) is 0.661. The molecule has 1 aliphatic heterocycles. The van der Waals surface area contributed by atoms with Crippen molar-refractivity contribution in [3.63, 3.8) is 0 Å². The molecule has 6 nitrogen and oxygen atoms in total. The van der Waals surface area contributed by atoms with Gasteiger partial charge in [-0.2, -0.15) is 0 Å². The average Bonchev–Trinajstić information content (AvgIpc) is 2.76. The maximum Gasteiger partial charge on any atom is 0.329 e. The van der Waals surface area contributed by atoms with E-state index in [-0.39, 0.29) is 11.5 Å². The van der Waals surface area contributed by atoms with Crippen LogP contribution >= 0.6 is 0 Å². The number of imide groups is 1. The molecule has 1 N–H and O–H groups in total. The maximum absolute atomic E-state index is 13.0. The van der Waals surface area contributed by atoms with Crippen LogP contribution < -0.4 is 5.32 Å². The fraction of sp³-hybridized carbons (Fsp3) is 0.550. The second-order valence-electron chi connectivity index (χ2n) is 8.22. The van der Waals surface area contributed by atoms with Crippen LogP contribution in [0.25, 0.3) is 0 Å². The van der Waals surface area contributed by atoms with Crippen LogP contribution in [-0.4, -0.2) is 35.0 Å². The van der Waals surface area contributed by atoms with Crippen molar-refractivity contribution >= 4 is 17.9 Å². The summed E-state index contributed by atoms with van der Waals surface area (Å²) in [7, 11) is 0. The summed E-state index contributed by atoms with van der Waals surface area (Å²) in [5.41, 5.74) is 0.590. The van der Waals surface area contributed by atoms with Crippen LogP contribution in [0.3, 0.4) is 0 Å². The summed E-state index contributed by atoms with van der Waals surface area (Å²) < 4.78 is 5.14. The van der Waals surface area contributed by atoms with Gasteiger partial charge >= 0.3 is 12.0 Å². The molecule has 2 rings (SSSR count). The lowest BCUT2D eigenvalue weighted by Crippen LogP contribution is -2.46. The van der Waals surface area contributed by atoms with Crippen LogP contribution in [0.1, 0.15) is 59.6 Å². The maximum atomic E-state index is 13.0. The van der Waals surface area contributed by atoms with Gasteiger partial charge in [0.1, 0.15) is 11.6 Å². The lowest BCUT2D eigenvalue weighted by molar-refractivity contribution is -0.155. The van der Waals surface area contributed by atoms with E-state index in [1.807, 2.05) is 24.3 Å². The molecule has 0 bridgehead atoms. The van der Waals surface area contributed by atoms with Crippen molar-refractivity contribution in [3.05, 3.63) is 35.4 Å². The standard InChI is InChI=1S/C20H28N2O4/c1-12(2)26-16(23)13(3)22-17(24)20(7,21-18(22)25)15-10-8-14(9-11-15)19(4,5)6/h8-13H,1-7H3,(H,21,25). The fourth-order valence-corrected chi connectivity index (χ4v) is 2.95. The van der Waals surface area contributed by atoms with Gasteiger partial charge in [0, 0.05) is 0 Å². The minimum Gasteiger partial charge on any atom is -0.461 e. The highest BCUT2D eigenvalue weighted by Gasteiger charge is 2.52. The van der Waals surface area contributed by atoms with Crippen molar-refractivity contribution in [1.82, 2.24) is 10.2 Å². The minimum atomic E-state index is -1.21. The second kappa shape index (κ2) is 6.74. The summed E-state index contributed by atoms with van der Waals surface area (Å²) in [4.78, 5) is 38.5. The zero-order valence-corrected chi connectivity index (χ0v) is 16.5. The smallest absolute Gasteiger partial charge is 0.329 e. The van der Waals surface area contributed by atoms with E-state index >= 15 is 0 Å². The van der Waals surface area contributed by atoms with E-state index in [1.54, 1.807) is 20.8 Å². The number of hydrogen-bond acceptors (Lipinski definition) is 4. The Kier molecular flexibility index (Phi) is 5.17. The van der Waals surface area contributed by atoms with Crippen molar-refractivity contribution in [2.24, 2.45) is 0 Å². The fourth-order valence-electron chi connectivity index (χ4n) is 2.95.